The van der Waals surface area contributed by atoms with Crippen LogP contribution >= 0.6 is 0 Å². The molecule has 106 valence electrons. The molecular weight excluding hydrogens is 288 g/mol. The quantitative estimate of drug-likeness (QED) is 0.693. The largest absolute Gasteiger partial charge is 0.294 e. The van der Waals surface area contributed by atoms with Crippen molar-refractivity contribution in [3.05, 3.63) is 35.9 Å². The van der Waals surface area contributed by atoms with Crippen LogP contribution in [0.15, 0.2) is 30.3 Å². The third-order valence-corrected chi connectivity index (χ3v) is 5.36. The summed E-state index contributed by atoms with van der Waals surface area (Å²) in [5.41, 5.74) is 0.459. The Morgan fingerprint density at radius 3 is 2.05 bits per heavy atom. The maximum absolute atomic E-state index is 11.7. The number of carbonyl (C=O) groups excluding carboxylic acids is 1. The molecule has 7 heteroatoms. The molecule has 0 saturated carbocycles. The van der Waals surface area contributed by atoms with Gasteiger partial charge >= 0.3 is 0 Å². The first kappa shape index (κ1) is 15.8. The zero-order valence-electron chi connectivity index (χ0n) is 10.6. The normalized spacial score (nSPS) is 12.3. The molecule has 0 radical (unpaired) electrons. The van der Waals surface area contributed by atoms with E-state index in [1.165, 1.54) is 0 Å². The lowest BCUT2D eigenvalue weighted by Gasteiger charge is -2.03. The Hall–Kier alpha value is -1.21. The van der Waals surface area contributed by atoms with E-state index >= 15 is 0 Å². The summed E-state index contributed by atoms with van der Waals surface area (Å²) in [5.74, 6) is -1.43. The molecule has 5 nitrogen and oxygen atoms in total. The van der Waals surface area contributed by atoms with Crippen LogP contribution in [0.3, 0.4) is 0 Å². The minimum absolute atomic E-state index is 0.129. The lowest BCUT2D eigenvalue weighted by atomic mass is 10.1. The monoisotopic (exact) mass is 304 g/mol. The van der Waals surface area contributed by atoms with Gasteiger partial charge in [-0.3, -0.25) is 4.79 Å². The van der Waals surface area contributed by atoms with Crippen molar-refractivity contribution in [3.63, 3.8) is 0 Å². The van der Waals surface area contributed by atoms with E-state index in [1.54, 1.807) is 30.3 Å². The fraction of sp³-hybridized carbons (Fsp3) is 0.417. The highest BCUT2D eigenvalue weighted by Gasteiger charge is 2.17. The minimum Gasteiger partial charge on any atom is -0.294 e. The van der Waals surface area contributed by atoms with E-state index in [1.807, 2.05) is 0 Å². The van der Waals surface area contributed by atoms with Gasteiger partial charge in [0.05, 0.1) is 17.3 Å². The molecule has 0 heterocycles. The Morgan fingerprint density at radius 2 is 1.53 bits per heavy atom. The van der Waals surface area contributed by atoms with Crippen molar-refractivity contribution in [2.45, 2.75) is 6.42 Å². The molecule has 0 N–H and O–H groups in total. The number of ketones is 1. The van der Waals surface area contributed by atoms with Gasteiger partial charge in [-0.05, 0) is 0 Å². The summed E-state index contributed by atoms with van der Waals surface area (Å²) in [5, 5.41) is 0. The van der Waals surface area contributed by atoms with Gasteiger partial charge in [0.2, 0.25) is 0 Å². The first-order valence-corrected chi connectivity index (χ1v) is 9.54. The topological polar surface area (TPSA) is 85.3 Å². The van der Waals surface area contributed by atoms with Crippen LogP contribution < -0.4 is 0 Å². The van der Waals surface area contributed by atoms with Crippen LogP contribution in [0, 0.1) is 0 Å². The van der Waals surface area contributed by atoms with E-state index in [0.717, 1.165) is 6.26 Å². The molecule has 0 aliphatic carbocycles. The molecule has 0 atom stereocenters. The Morgan fingerprint density at radius 1 is 0.947 bits per heavy atom. The van der Waals surface area contributed by atoms with Crippen LogP contribution in [0.1, 0.15) is 16.8 Å². The van der Waals surface area contributed by atoms with Gasteiger partial charge in [0.25, 0.3) is 0 Å². The molecular formula is C12H16O5S2. The van der Waals surface area contributed by atoms with E-state index in [9.17, 15) is 21.6 Å². The number of hydrogen-bond donors (Lipinski definition) is 0. The van der Waals surface area contributed by atoms with Gasteiger partial charge in [0.15, 0.2) is 15.6 Å². The smallest absolute Gasteiger partial charge is 0.163 e. The number of benzene rings is 1. The van der Waals surface area contributed by atoms with Crippen molar-refractivity contribution in [1.82, 2.24) is 0 Å². The van der Waals surface area contributed by atoms with Crippen LogP contribution in [0.4, 0.5) is 0 Å². The van der Waals surface area contributed by atoms with E-state index < -0.39 is 31.2 Å². The van der Waals surface area contributed by atoms with Crippen molar-refractivity contribution >= 4 is 25.5 Å². The Balaban J connectivity index is 2.54. The molecule has 0 unspecified atom stereocenters. The number of Topliss-reactive ketones (excluding diaryl/α,β-unsaturated/α-hetero) is 1. The highest BCUT2D eigenvalue weighted by Crippen LogP contribution is 2.05. The summed E-state index contributed by atoms with van der Waals surface area (Å²) >= 11 is 0. The summed E-state index contributed by atoms with van der Waals surface area (Å²) in [7, 11) is -6.83. The van der Waals surface area contributed by atoms with Crippen LogP contribution in [0.25, 0.3) is 0 Å². The van der Waals surface area contributed by atoms with Crippen molar-refractivity contribution in [3.8, 4) is 0 Å². The van der Waals surface area contributed by atoms with Crippen LogP contribution in [0.2, 0.25) is 0 Å². The number of sulfone groups is 2. The van der Waals surface area contributed by atoms with Crippen LogP contribution in [-0.2, 0) is 19.7 Å². The van der Waals surface area contributed by atoms with Crippen LogP contribution in [0.5, 0.6) is 0 Å². The lowest BCUT2D eigenvalue weighted by molar-refractivity contribution is 0.0989. The van der Waals surface area contributed by atoms with Crippen LogP contribution in [-0.4, -0.2) is 46.1 Å². The predicted molar refractivity (Wildman–Crippen MR) is 73.8 cm³/mol. The summed E-state index contributed by atoms with van der Waals surface area (Å²) in [6.07, 6.45) is 0.855. The number of carbonyl (C=O) groups is 1. The average Bonchev–Trinajstić information content (AvgIpc) is 2.34. The second kappa shape index (κ2) is 6.29. The zero-order chi connectivity index (χ0) is 14.5. The first-order chi connectivity index (χ1) is 8.70. The molecule has 1 aromatic rings. The van der Waals surface area contributed by atoms with E-state index in [-0.39, 0.29) is 18.0 Å². The SMILES string of the molecule is CS(=O)(=O)CCS(=O)(=O)CCC(=O)c1ccccc1. The van der Waals surface area contributed by atoms with Crippen molar-refractivity contribution in [2.24, 2.45) is 0 Å². The molecule has 0 aliphatic heterocycles. The second-order valence-corrected chi connectivity index (χ2v) is 8.88. The Labute approximate surface area is 113 Å². The fourth-order valence-electron chi connectivity index (χ4n) is 1.40. The molecule has 0 bridgehead atoms. The van der Waals surface area contributed by atoms with Gasteiger partial charge in [-0.2, -0.15) is 0 Å². The molecule has 0 amide bonds. The lowest BCUT2D eigenvalue weighted by Crippen LogP contribution is -2.20. The molecule has 0 aromatic heterocycles. The average molecular weight is 304 g/mol. The maximum Gasteiger partial charge on any atom is 0.163 e. The molecule has 0 saturated heterocycles. The first-order valence-electron chi connectivity index (χ1n) is 5.66. The van der Waals surface area contributed by atoms with E-state index in [2.05, 4.69) is 0 Å². The van der Waals surface area contributed by atoms with E-state index in [4.69, 9.17) is 0 Å². The Bertz CT molecular complexity index is 630. The van der Waals surface area contributed by atoms with E-state index in [0.29, 0.717) is 5.56 Å². The summed E-state index contributed by atoms with van der Waals surface area (Å²) < 4.78 is 45.0. The number of rotatable bonds is 7. The minimum atomic E-state index is -3.52. The second-order valence-electron chi connectivity index (χ2n) is 4.32. The maximum atomic E-state index is 11.7. The molecule has 0 fully saturated rings. The van der Waals surface area contributed by atoms with Gasteiger partial charge < -0.3 is 0 Å². The summed E-state index contributed by atoms with van der Waals surface area (Å²) in [6.45, 7) is 0. The van der Waals surface area contributed by atoms with Crippen molar-refractivity contribution < 1.29 is 21.6 Å². The zero-order valence-corrected chi connectivity index (χ0v) is 12.2. The number of hydrogen-bond acceptors (Lipinski definition) is 5. The van der Waals surface area contributed by atoms with Gasteiger partial charge in [0, 0.05) is 18.2 Å². The fourth-order valence-corrected chi connectivity index (χ4v) is 4.32. The van der Waals surface area contributed by atoms with Gasteiger partial charge in [0.1, 0.15) is 9.84 Å². The van der Waals surface area contributed by atoms with Crippen molar-refractivity contribution in [2.75, 3.05) is 23.5 Å². The molecule has 0 spiro atoms. The summed E-state index contributed by atoms with van der Waals surface area (Å²) in [6, 6.07) is 8.40. The standard InChI is InChI=1S/C12H16O5S2/c1-18(14,15)9-10-19(16,17)8-7-12(13)11-5-3-2-4-6-11/h2-6H,7-10H2,1H3. The molecule has 1 rings (SSSR count). The molecule has 0 aliphatic rings. The highest BCUT2D eigenvalue weighted by molar-refractivity contribution is 7.94. The van der Waals surface area contributed by atoms with Gasteiger partial charge in [-0.15, -0.1) is 0 Å². The molecule has 19 heavy (non-hydrogen) atoms. The van der Waals surface area contributed by atoms with Gasteiger partial charge in [-0.25, -0.2) is 16.8 Å². The molecule has 1 aromatic carbocycles. The Kier molecular flexibility index (Phi) is 5.25. The van der Waals surface area contributed by atoms with Crippen molar-refractivity contribution in [1.29, 1.82) is 0 Å². The summed E-state index contributed by atoms with van der Waals surface area (Å²) in [4.78, 5) is 11.7. The third-order valence-electron chi connectivity index (χ3n) is 2.50. The highest BCUT2D eigenvalue weighted by atomic mass is 32.2. The van der Waals surface area contributed by atoms with Gasteiger partial charge in [-0.1, -0.05) is 30.3 Å². The predicted octanol–water partition coefficient (Wildman–Crippen LogP) is 0.719. The third kappa shape index (κ3) is 6.49.